The molecule has 2 nitrogen and oxygen atoms in total. The third-order valence-corrected chi connectivity index (χ3v) is 7.09. The molecule has 0 amide bonds. The van der Waals surface area contributed by atoms with Gasteiger partial charge in [0.2, 0.25) is 0 Å². The quantitative estimate of drug-likeness (QED) is 0.643. The lowest BCUT2D eigenvalue weighted by atomic mass is 9.84. The van der Waals surface area contributed by atoms with Gasteiger partial charge in [0.05, 0.1) is 9.83 Å². The van der Waals surface area contributed by atoms with Gasteiger partial charge < -0.3 is 0 Å². The second-order valence-electron chi connectivity index (χ2n) is 6.00. The first-order valence-corrected chi connectivity index (χ1v) is 8.50. The number of hydrazine groups is 1. The highest BCUT2D eigenvalue weighted by Gasteiger charge is 2.40. The fraction of sp³-hybridized carbons (Fsp3) is 0.714. The fourth-order valence-electron chi connectivity index (χ4n) is 3.89. The van der Waals surface area contributed by atoms with Crippen LogP contribution in [0.15, 0.2) is 9.85 Å². The van der Waals surface area contributed by atoms with Gasteiger partial charge in [0.25, 0.3) is 0 Å². The number of nitrogens with two attached hydrogens (primary N) is 1. The summed E-state index contributed by atoms with van der Waals surface area (Å²) in [5.41, 5.74) is 4.36. The molecule has 1 heterocycles. The zero-order valence-corrected chi connectivity index (χ0v) is 13.2. The zero-order valence-electron chi connectivity index (χ0n) is 10.8. The smallest absolute Gasteiger partial charge is 0.0731 e. The van der Waals surface area contributed by atoms with Crippen LogP contribution in [0.1, 0.15) is 48.6 Å². The van der Waals surface area contributed by atoms with Crippen LogP contribution in [0.25, 0.3) is 0 Å². The molecule has 2 aliphatic carbocycles. The summed E-state index contributed by atoms with van der Waals surface area (Å²) < 4.78 is 1.24. The van der Waals surface area contributed by atoms with Crippen LogP contribution in [-0.4, -0.2) is 0 Å². The summed E-state index contributed by atoms with van der Waals surface area (Å²) in [5, 5.41) is 0. The molecule has 18 heavy (non-hydrogen) atoms. The van der Waals surface area contributed by atoms with Gasteiger partial charge in [0, 0.05) is 4.88 Å². The highest BCUT2D eigenvalue weighted by atomic mass is 79.9. The van der Waals surface area contributed by atoms with E-state index in [1.54, 1.807) is 0 Å². The standard InChI is InChI=1S/C14H21BrN2S/c1-8-4-13(18-14(8)15)12(17-16)7-11-6-9-2-3-10(11)5-9/h4,9-12,17H,2-3,5-7,16H2,1H3. The maximum absolute atomic E-state index is 5.78. The van der Waals surface area contributed by atoms with Crippen molar-refractivity contribution in [1.29, 1.82) is 0 Å². The lowest BCUT2D eigenvalue weighted by molar-refractivity contribution is 0.281. The number of rotatable bonds is 4. The molecule has 3 N–H and O–H groups in total. The molecule has 2 aliphatic rings. The normalized spacial score (nSPS) is 32.1. The van der Waals surface area contributed by atoms with E-state index in [1.807, 2.05) is 11.3 Å². The number of hydrogen-bond donors (Lipinski definition) is 2. The van der Waals surface area contributed by atoms with Crippen LogP contribution in [0.5, 0.6) is 0 Å². The van der Waals surface area contributed by atoms with Crippen LogP contribution >= 0.6 is 27.3 Å². The van der Waals surface area contributed by atoms with Crippen LogP contribution in [0.4, 0.5) is 0 Å². The Balaban J connectivity index is 1.69. The van der Waals surface area contributed by atoms with E-state index in [-0.39, 0.29) is 0 Å². The molecule has 100 valence electrons. The maximum Gasteiger partial charge on any atom is 0.0731 e. The van der Waals surface area contributed by atoms with Crippen molar-refractivity contribution in [3.63, 3.8) is 0 Å². The molecule has 3 rings (SSSR count). The first-order chi connectivity index (χ1) is 8.67. The highest BCUT2D eigenvalue weighted by Crippen LogP contribution is 2.51. The summed E-state index contributed by atoms with van der Waals surface area (Å²) in [5.74, 6) is 8.68. The van der Waals surface area contributed by atoms with Gasteiger partial charge in [-0.3, -0.25) is 11.3 Å². The molecular formula is C14H21BrN2S. The van der Waals surface area contributed by atoms with E-state index in [9.17, 15) is 0 Å². The van der Waals surface area contributed by atoms with Crippen molar-refractivity contribution >= 4 is 27.3 Å². The molecule has 2 fully saturated rings. The first-order valence-electron chi connectivity index (χ1n) is 6.89. The zero-order chi connectivity index (χ0) is 12.7. The topological polar surface area (TPSA) is 38.0 Å². The Hall–Kier alpha value is 0.100. The molecule has 4 atom stereocenters. The van der Waals surface area contributed by atoms with Gasteiger partial charge in [0.1, 0.15) is 0 Å². The summed E-state index contributed by atoms with van der Waals surface area (Å²) in [6, 6.07) is 2.61. The van der Waals surface area contributed by atoms with Gasteiger partial charge in [-0.1, -0.05) is 6.42 Å². The van der Waals surface area contributed by atoms with Crippen LogP contribution in [-0.2, 0) is 0 Å². The summed E-state index contributed by atoms with van der Waals surface area (Å²) >= 11 is 5.43. The van der Waals surface area contributed by atoms with E-state index in [2.05, 4.69) is 34.3 Å². The predicted molar refractivity (Wildman–Crippen MR) is 80.4 cm³/mol. The van der Waals surface area contributed by atoms with E-state index in [1.165, 1.54) is 46.3 Å². The Morgan fingerprint density at radius 1 is 1.50 bits per heavy atom. The predicted octanol–water partition coefficient (Wildman–Crippen LogP) is 4.15. The van der Waals surface area contributed by atoms with Crippen molar-refractivity contribution in [3.8, 4) is 0 Å². The molecule has 0 spiro atoms. The molecule has 0 radical (unpaired) electrons. The minimum atomic E-state index is 0.337. The average molecular weight is 329 g/mol. The number of fused-ring (bicyclic) bond motifs is 2. The molecule has 1 aromatic heterocycles. The number of hydrogen-bond acceptors (Lipinski definition) is 3. The van der Waals surface area contributed by atoms with Crippen molar-refractivity contribution in [2.75, 3.05) is 0 Å². The lowest BCUT2D eigenvalue weighted by Gasteiger charge is -2.25. The van der Waals surface area contributed by atoms with E-state index in [0.717, 1.165) is 17.8 Å². The summed E-state index contributed by atoms with van der Waals surface area (Å²) in [6.07, 6.45) is 7.07. The number of aryl methyl sites for hydroxylation is 1. The van der Waals surface area contributed by atoms with Crippen molar-refractivity contribution in [3.05, 3.63) is 20.3 Å². The Labute approximate surface area is 121 Å². The minimum Gasteiger partial charge on any atom is -0.271 e. The molecule has 0 aliphatic heterocycles. The molecule has 4 heteroatoms. The van der Waals surface area contributed by atoms with Crippen LogP contribution in [0.3, 0.4) is 0 Å². The van der Waals surface area contributed by atoms with Gasteiger partial charge in [0.15, 0.2) is 0 Å². The Morgan fingerprint density at radius 3 is 2.83 bits per heavy atom. The summed E-state index contributed by atoms with van der Waals surface area (Å²) in [4.78, 5) is 1.38. The maximum atomic E-state index is 5.78. The second-order valence-corrected chi connectivity index (χ2v) is 8.40. The van der Waals surface area contributed by atoms with Crippen molar-refractivity contribution < 1.29 is 0 Å². The van der Waals surface area contributed by atoms with Crippen LogP contribution < -0.4 is 11.3 Å². The van der Waals surface area contributed by atoms with Gasteiger partial charge in [-0.2, -0.15) is 0 Å². The fourth-order valence-corrected chi connectivity index (χ4v) is 5.53. The van der Waals surface area contributed by atoms with Crippen molar-refractivity contribution in [2.45, 2.75) is 45.1 Å². The largest absolute Gasteiger partial charge is 0.271 e. The highest BCUT2D eigenvalue weighted by molar-refractivity contribution is 9.11. The molecule has 0 aromatic carbocycles. The minimum absolute atomic E-state index is 0.337. The van der Waals surface area contributed by atoms with E-state index < -0.39 is 0 Å². The van der Waals surface area contributed by atoms with Gasteiger partial charge in [-0.25, -0.2) is 0 Å². The lowest BCUT2D eigenvalue weighted by Crippen LogP contribution is -2.30. The number of halogens is 1. The molecular weight excluding hydrogens is 308 g/mol. The summed E-state index contributed by atoms with van der Waals surface area (Å²) in [6.45, 7) is 2.15. The third kappa shape index (κ3) is 2.40. The monoisotopic (exact) mass is 328 g/mol. The number of nitrogens with one attached hydrogen (secondary N) is 1. The van der Waals surface area contributed by atoms with E-state index >= 15 is 0 Å². The first kappa shape index (κ1) is 13.1. The van der Waals surface area contributed by atoms with E-state index in [4.69, 9.17) is 5.84 Å². The SMILES string of the molecule is Cc1cc(C(CC2CC3CCC2C3)NN)sc1Br. The Kier molecular flexibility index (Phi) is 3.81. The Bertz CT molecular complexity index is 412. The number of thiophene rings is 1. The third-order valence-electron chi connectivity index (χ3n) is 4.84. The molecule has 1 aromatic rings. The van der Waals surface area contributed by atoms with Gasteiger partial charge >= 0.3 is 0 Å². The molecule has 0 saturated heterocycles. The second kappa shape index (κ2) is 5.23. The average Bonchev–Trinajstić information content (AvgIpc) is 3.03. The van der Waals surface area contributed by atoms with Crippen LogP contribution in [0, 0.1) is 24.7 Å². The summed E-state index contributed by atoms with van der Waals surface area (Å²) in [7, 11) is 0. The van der Waals surface area contributed by atoms with E-state index in [0.29, 0.717) is 6.04 Å². The Morgan fingerprint density at radius 2 is 2.33 bits per heavy atom. The van der Waals surface area contributed by atoms with Crippen LogP contribution in [0.2, 0.25) is 0 Å². The van der Waals surface area contributed by atoms with Gasteiger partial charge in [-0.15, -0.1) is 11.3 Å². The van der Waals surface area contributed by atoms with Crippen molar-refractivity contribution in [2.24, 2.45) is 23.6 Å². The van der Waals surface area contributed by atoms with Crippen molar-refractivity contribution in [1.82, 2.24) is 5.43 Å². The molecule has 2 bridgehead atoms. The molecule has 4 unspecified atom stereocenters. The molecule has 2 saturated carbocycles. The van der Waals surface area contributed by atoms with Gasteiger partial charge in [-0.05, 0) is 77.9 Å².